The molecule has 2 rings (SSSR count). The van der Waals surface area contributed by atoms with Gasteiger partial charge in [-0.3, -0.25) is 4.79 Å². The second-order valence-electron chi connectivity index (χ2n) is 4.38. The van der Waals surface area contributed by atoms with E-state index in [0.29, 0.717) is 5.56 Å². The molecule has 86 valence electrons. The van der Waals surface area contributed by atoms with Gasteiger partial charge in [0.05, 0.1) is 6.04 Å². The molecule has 1 unspecified atom stereocenters. The van der Waals surface area contributed by atoms with Gasteiger partial charge in [0.25, 0.3) is 0 Å². The highest BCUT2D eigenvalue weighted by Gasteiger charge is 2.22. The number of ketones is 1. The number of rotatable bonds is 2. The first kappa shape index (κ1) is 11.3. The normalized spacial score (nSPS) is 20.8. The number of hydrogen-bond acceptors (Lipinski definition) is 2. The van der Waals surface area contributed by atoms with Crippen molar-refractivity contribution in [3.05, 3.63) is 35.1 Å². The van der Waals surface area contributed by atoms with Crippen molar-refractivity contribution in [2.24, 2.45) is 0 Å². The van der Waals surface area contributed by atoms with Crippen LogP contribution in [0, 0.1) is 12.7 Å². The van der Waals surface area contributed by atoms with Crippen molar-refractivity contribution in [2.45, 2.75) is 32.2 Å². The molecule has 2 nitrogen and oxygen atoms in total. The Morgan fingerprint density at radius 2 is 2.19 bits per heavy atom. The molecule has 0 aromatic heterocycles. The standard InChI is InChI=1S/C13H16FNO/c1-9-6-10(8-11(14)7-9)13(16)12-4-2-3-5-15-12/h6-8,12,15H,2-5H2,1H3. The summed E-state index contributed by atoms with van der Waals surface area (Å²) in [6, 6.07) is 4.38. The molecule has 1 fully saturated rings. The summed E-state index contributed by atoms with van der Waals surface area (Å²) in [5.74, 6) is -0.318. The minimum Gasteiger partial charge on any atom is -0.307 e. The van der Waals surface area contributed by atoms with Gasteiger partial charge in [0.1, 0.15) is 5.82 Å². The molecule has 0 radical (unpaired) electrons. The monoisotopic (exact) mass is 221 g/mol. The van der Waals surface area contributed by atoms with Crippen LogP contribution in [0.25, 0.3) is 0 Å². The fraction of sp³-hybridized carbons (Fsp3) is 0.462. The van der Waals surface area contributed by atoms with Crippen LogP contribution in [0.1, 0.15) is 35.2 Å². The van der Waals surface area contributed by atoms with Crippen LogP contribution in [-0.4, -0.2) is 18.4 Å². The summed E-state index contributed by atoms with van der Waals surface area (Å²) in [6.45, 7) is 2.68. The van der Waals surface area contributed by atoms with Gasteiger partial charge in [0.2, 0.25) is 0 Å². The van der Waals surface area contributed by atoms with Crippen LogP contribution >= 0.6 is 0 Å². The molecule has 1 N–H and O–H groups in total. The van der Waals surface area contributed by atoms with E-state index in [2.05, 4.69) is 5.32 Å². The van der Waals surface area contributed by atoms with Crippen molar-refractivity contribution in [1.82, 2.24) is 5.32 Å². The first-order valence-corrected chi connectivity index (χ1v) is 5.71. The van der Waals surface area contributed by atoms with Crippen molar-refractivity contribution in [2.75, 3.05) is 6.54 Å². The van der Waals surface area contributed by atoms with Gasteiger partial charge in [-0.1, -0.05) is 6.42 Å². The van der Waals surface area contributed by atoms with Gasteiger partial charge in [-0.2, -0.15) is 0 Å². The van der Waals surface area contributed by atoms with Gasteiger partial charge < -0.3 is 5.32 Å². The summed E-state index contributed by atoms with van der Waals surface area (Å²) in [6.07, 6.45) is 3.04. The van der Waals surface area contributed by atoms with E-state index in [1.807, 2.05) is 0 Å². The lowest BCUT2D eigenvalue weighted by Gasteiger charge is -2.22. The molecule has 3 heteroatoms. The van der Waals surface area contributed by atoms with Crippen molar-refractivity contribution in [3.63, 3.8) is 0 Å². The Hall–Kier alpha value is -1.22. The van der Waals surface area contributed by atoms with Crippen molar-refractivity contribution in [1.29, 1.82) is 0 Å². The minimum absolute atomic E-state index is 0.0160. The molecule has 0 aliphatic carbocycles. The van der Waals surface area contributed by atoms with Crippen LogP contribution < -0.4 is 5.32 Å². The van der Waals surface area contributed by atoms with Gasteiger partial charge >= 0.3 is 0 Å². The third kappa shape index (κ3) is 2.47. The Bertz CT molecular complexity index is 377. The predicted molar refractivity (Wildman–Crippen MR) is 61.1 cm³/mol. The fourth-order valence-electron chi connectivity index (χ4n) is 2.16. The molecular weight excluding hydrogens is 205 g/mol. The average molecular weight is 221 g/mol. The zero-order valence-electron chi connectivity index (χ0n) is 9.42. The maximum absolute atomic E-state index is 13.2. The second-order valence-corrected chi connectivity index (χ2v) is 4.38. The third-order valence-corrected chi connectivity index (χ3v) is 2.95. The number of hydrogen-bond donors (Lipinski definition) is 1. The smallest absolute Gasteiger partial charge is 0.179 e. The maximum Gasteiger partial charge on any atom is 0.179 e. The molecule has 0 spiro atoms. The highest BCUT2D eigenvalue weighted by Crippen LogP contribution is 2.15. The molecule has 1 aliphatic heterocycles. The summed E-state index contributed by atoms with van der Waals surface area (Å²) >= 11 is 0. The maximum atomic E-state index is 13.2. The molecule has 1 aromatic rings. The molecule has 1 heterocycles. The summed E-state index contributed by atoms with van der Waals surface area (Å²) in [5, 5.41) is 3.18. The van der Waals surface area contributed by atoms with Crippen LogP contribution in [0.2, 0.25) is 0 Å². The van der Waals surface area contributed by atoms with E-state index >= 15 is 0 Å². The summed E-state index contributed by atoms with van der Waals surface area (Å²) in [5.41, 5.74) is 1.27. The lowest BCUT2D eigenvalue weighted by atomic mass is 9.95. The van der Waals surface area contributed by atoms with Gasteiger partial charge in [-0.05, 0) is 50.1 Å². The molecular formula is C13H16FNO. The van der Waals surface area contributed by atoms with E-state index in [0.717, 1.165) is 31.4 Å². The number of carbonyl (C=O) groups excluding carboxylic acids is 1. The summed E-state index contributed by atoms with van der Waals surface area (Å²) in [7, 11) is 0. The first-order valence-electron chi connectivity index (χ1n) is 5.71. The number of piperidine rings is 1. The Kier molecular flexibility index (Phi) is 3.34. The van der Waals surface area contributed by atoms with Crippen LogP contribution in [0.4, 0.5) is 4.39 Å². The van der Waals surface area contributed by atoms with E-state index in [4.69, 9.17) is 0 Å². The fourth-order valence-corrected chi connectivity index (χ4v) is 2.16. The number of nitrogens with one attached hydrogen (secondary N) is 1. The van der Waals surface area contributed by atoms with Gasteiger partial charge in [-0.25, -0.2) is 4.39 Å². The van der Waals surface area contributed by atoms with Gasteiger partial charge in [0, 0.05) is 5.56 Å². The number of benzene rings is 1. The van der Waals surface area contributed by atoms with Crippen LogP contribution in [-0.2, 0) is 0 Å². The van der Waals surface area contributed by atoms with Crippen molar-refractivity contribution >= 4 is 5.78 Å². The Morgan fingerprint density at radius 3 is 2.81 bits per heavy atom. The van der Waals surface area contributed by atoms with Crippen LogP contribution in [0.15, 0.2) is 18.2 Å². The number of aryl methyl sites for hydroxylation is 1. The Labute approximate surface area is 94.9 Å². The molecule has 1 saturated heterocycles. The van der Waals surface area contributed by atoms with E-state index in [1.165, 1.54) is 12.1 Å². The van der Waals surface area contributed by atoms with Crippen LogP contribution in [0.3, 0.4) is 0 Å². The van der Waals surface area contributed by atoms with E-state index in [-0.39, 0.29) is 17.6 Å². The quantitative estimate of drug-likeness (QED) is 0.777. The summed E-state index contributed by atoms with van der Waals surface area (Å²) in [4.78, 5) is 12.1. The average Bonchev–Trinajstić information content (AvgIpc) is 2.28. The molecule has 1 aromatic carbocycles. The van der Waals surface area contributed by atoms with E-state index < -0.39 is 0 Å². The predicted octanol–water partition coefficient (Wildman–Crippen LogP) is 2.46. The Balaban J connectivity index is 2.19. The van der Waals surface area contributed by atoms with Crippen molar-refractivity contribution in [3.8, 4) is 0 Å². The largest absolute Gasteiger partial charge is 0.307 e. The highest BCUT2D eigenvalue weighted by molar-refractivity contribution is 6.00. The molecule has 0 saturated carbocycles. The molecule has 16 heavy (non-hydrogen) atoms. The zero-order chi connectivity index (χ0) is 11.5. The Morgan fingerprint density at radius 1 is 1.38 bits per heavy atom. The first-order chi connectivity index (χ1) is 7.66. The lowest BCUT2D eigenvalue weighted by Crippen LogP contribution is -2.40. The van der Waals surface area contributed by atoms with Crippen LogP contribution in [0.5, 0.6) is 0 Å². The van der Waals surface area contributed by atoms with Gasteiger partial charge in [-0.15, -0.1) is 0 Å². The number of Topliss-reactive ketones (excluding diaryl/α,β-unsaturated/α-hetero) is 1. The van der Waals surface area contributed by atoms with E-state index in [9.17, 15) is 9.18 Å². The topological polar surface area (TPSA) is 29.1 Å². The third-order valence-electron chi connectivity index (χ3n) is 2.95. The molecule has 0 bridgehead atoms. The van der Waals surface area contributed by atoms with Crippen molar-refractivity contribution < 1.29 is 9.18 Å². The molecule has 0 amide bonds. The minimum atomic E-state index is -0.334. The SMILES string of the molecule is Cc1cc(F)cc(C(=O)C2CCCCN2)c1. The number of carbonyl (C=O) groups is 1. The van der Waals surface area contributed by atoms with E-state index in [1.54, 1.807) is 13.0 Å². The lowest BCUT2D eigenvalue weighted by molar-refractivity contribution is 0.0926. The molecule has 1 aliphatic rings. The number of halogens is 1. The molecule has 1 atom stereocenters. The highest BCUT2D eigenvalue weighted by atomic mass is 19.1. The van der Waals surface area contributed by atoms with Gasteiger partial charge in [0.15, 0.2) is 5.78 Å². The second kappa shape index (κ2) is 4.74. The zero-order valence-corrected chi connectivity index (χ0v) is 9.42. The summed E-state index contributed by atoms with van der Waals surface area (Å²) < 4.78 is 13.2.